The number of amides is 2. The minimum atomic E-state index is -3.52. The Kier molecular flexibility index (Phi) is 5.79. The smallest absolute Gasteiger partial charge is 0.265 e. The van der Waals surface area contributed by atoms with E-state index in [2.05, 4.69) is 11.9 Å². The zero-order valence-electron chi connectivity index (χ0n) is 16.9. The number of fused-ring (bicyclic) bond motifs is 1. The molecule has 2 aliphatic heterocycles. The Hall–Kier alpha value is -3.17. The fourth-order valence-corrected chi connectivity index (χ4v) is 5.19. The number of rotatable bonds is 6. The van der Waals surface area contributed by atoms with Gasteiger partial charge in [-0.05, 0) is 55.3 Å². The Morgan fingerprint density at radius 3 is 2.52 bits per heavy atom. The van der Waals surface area contributed by atoms with Gasteiger partial charge >= 0.3 is 0 Å². The largest absolute Gasteiger partial charge is 0.482 e. The molecule has 162 valence electrons. The predicted molar refractivity (Wildman–Crippen MR) is 117 cm³/mol. The molecular formula is C22H23N3O5S. The summed E-state index contributed by atoms with van der Waals surface area (Å²) in [6.07, 6.45) is 3.35. The van der Waals surface area contributed by atoms with E-state index in [1.807, 2.05) is 0 Å². The van der Waals surface area contributed by atoms with Gasteiger partial charge < -0.3 is 15.0 Å². The number of hydrogen-bond donors (Lipinski definition) is 1. The summed E-state index contributed by atoms with van der Waals surface area (Å²) in [6.45, 7) is 5.01. The number of ether oxygens (including phenoxy) is 1. The summed E-state index contributed by atoms with van der Waals surface area (Å²) >= 11 is 0. The second kappa shape index (κ2) is 8.52. The molecule has 31 heavy (non-hydrogen) atoms. The van der Waals surface area contributed by atoms with Crippen molar-refractivity contribution in [1.82, 2.24) is 4.31 Å². The molecule has 2 aromatic carbocycles. The van der Waals surface area contributed by atoms with Crippen molar-refractivity contribution in [3.8, 4) is 5.75 Å². The fraction of sp³-hybridized carbons (Fsp3) is 0.273. The number of nitrogens with one attached hydrogen (secondary N) is 1. The van der Waals surface area contributed by atoms with Crippen LogP contribution in [0.5, 0.6) is 5.75 Å². The SMILES string of the molecule is C=CCN1C(=O)COc2ccc(NC(=O)c3ccc(S(=O)(=O)N4CCCC4)cc3)cc21. The molecule has 2 amide bonds. The first-order valence-electron chi connectivity index (χ1n) is 10.00. The Bertz CT molecular complexity index is 1120. The van der Waals surface area contributed by atoms with Crippen LogP contribution in [0.4, 0.5) is 11.4 Å². The summed E-state index contributed by atoms with van der Waals surface area (Å²) in [5.74, 6) is -0.0232. The van der Waals surface area contributed by atoms with Crippen LogP contribution in [-0.2, 0) is 14.8 Å². The van der Waals surface area contributed by atoms with Gasteiger partial charge in [-0.3, -0.25) is 9.59 Å². The average molecular weight is 442 g/mol. The summed E-state index contributed by atoms with van der Waals surface area (Å²) in [6, 6.07) is 10.9. The molecule has 0 saturated carbocycles. The van der Waals surface area contributed by atoms with E-state index in [4.69, 9.17) is 4.74 Å². The molecule has 0 radical (unpaired) electrons. The van der Waals surface area contributed by atoms with Crippen LogP contribution in [0.25, 0.3) is 0 Å². The lowest BCUT2D eigenvalue weighted by Crippen LogP contribution is -2.38. The molecule has 1 N–H and O–H groups in total. The van der Waals surface area contributed by atoms with E-state index in [9.17, 15) is 18.0 Å². The monoisotopic (exact) mass is 441 g/mol. The van der Waals surface area contributed by atoms with E-state index in [0.29, 0.717) is 42.3 Å². The molecule has 0 spiro atoms. The van der Waals surface area contributed by atoms with Crippen LogP contribution in [0.2, 0.25) is 0 Å². The lowest BCUT2D eigenvalue weighted by atomic mass is 10.1. The summed E-state index contributed by atoms with van der Waals surface area (Å²) in [4.78, 5) is 26.5. The van der Waals surface area contributed by atoms with Crippen molar-refractivity contribution in [2.45, 2.75) is 17.7 Å². The molecular weight excluding hydrogens is 418 g/mol. The highest BCUT2D eigenvalue weighted by atomic mass is 32.2. The highest BCUT2D eigenvalue weighted by molar-refractivity contribution is 7.89. The summed E-state index contributed by atoms with van der Waals surface area (Å²) in [5.41, 5.74) is 1.37. The summed E-state index contributed by atoms with van der Waals surface area (Å²) < 4.78 is 32.2. The van der Waals surface area contributed by atoms with Crippen LogP contribution in [0.3, 0.4) is 0 Å². The number of carbonyl (C=O) groups is 2. The molecule has 8 nitrogen and oxygen atoms in total. The molecule has 4 rings (SSSR count). The molecule has 0 unspecified atom stereocenters. The molecule has 0 aromatic heterocycles. The van der Waals surface area contributed by atoms with Crippen molar-refractivity contribution < 1.29 is 22.7 Å². The Morgan fingerprint density at radius 2 is 1.84 bits per heavy atom. The van der Waals surface area contributed by atoms with Gasteiger partial charge in [0.2, 0.25) is 10.0 Å². The lowest BCUT2D eigenvalue weighted by molar-refractivity contribution is -0.121. The highest BCUT2D eigenvalue weighted by Gasteiger charge is 2.27. The number of sulfonamides is 1. The molecule has 0 aliphatic carbocycles. The average Bonchev–Trinajstić information content (AvgIpc) is 3.32. The van der Waals surface area contributed by atoms with E-state index in [0.717, 1.165) is 12.8 Å². The zero-order valence-corrected chi connectivity index (χ0v) is 17.7. The Balaban J connectivity index is 1.51. The Morgan fingerprint density at radius 1 is 1.13 bits per heavy atom. The van der Waals surface area contributed by atoms with Crippen molar-refractivity contribution in [3.63, 3.8) is 0 Å². The van der Waals surface area contributed by atoms with Crippen LogP contribution in [0.15, 0.2) is 60.0 Å². The van der Waals surface area contributed by atoms with Gasteiger partial charge in [-0.2, -0.15) is 4.31 Å². The van der Waals surface area contributed by atoms with Crippen LogP contribution in [0.1, 0.15) is 23.2 Å². The number of hydrogen-bond acceptors (Lipinski definition) is 5. The molecule has 1 fully saturated rings. The lowest BCUT2D eigenvalue weighted by Gasteiger charge is -2.28. The van der Waals surface area contributed by atoms with Crippen LogP contribution in [-0.4, -0.2) is 50.8 Å². The maximum absolute atomic E-state index is 12.7. The van der Waals surface area contributed by atoms with E-state index < -0.39 is 10.0 Å². The number of anilines is 2. The molecule has 1 saturated heterocycles. The van der Waals surface area contributed by atoms with Gasteiger partial charge in [0.25, 0.3) is 11.8 Å². The van der Waals surface area contributed by atoms with Crippen molar-refractivity contribution in [3.05, 3.63) is 60.7 Å². The number of nitrogens with zero attached hydrogens (tertiary/aromatic N) is 2. The second-order valence-electron chi connectivity index (χ2n) is 7.35. The minimum absolute atomic E-state index is 0.0424. The molecule has 2 aromatic rings. The van der Waals surface area contributed by atoms with E-state index in [1.165, 1.54) is 28.6 Å². The summed E-state index contributed by atoms with van der Waals surface area (Å²) in [7, 11) is -3.52. The predicted octanol–water partition coefficient (Wildman–Crippen LogP) is 2.63. The topological polar surface area (TPSA) is 96.0 Å². The fourth-order valence-electron chi connectivity index (χ4n) is 3.67. The van der Waals surface area contributed by atoms with Gasteiger partial charge in [0.05, 0.1) is 10.6 Å². The minimum Gasteiger partial charge on any atom is -0.482 e. The maximum Gasteiger partial charge on any atom is 0.265 e. The van der Waals surface area contributed by atoms with Gasteiger partial charge in [0.1, 0.15) is 5.75 Å². The number of benzene rings is 2. The highest BCUT2D eigenvalue weighted by Crippen LogP contribution is 2.34. The first kappa shape index (κ1) is 21.1. The van der Waals surface area contributed by atoms with Gasteiger partial charge in [0.15, 0.2) is 6.61 Å². The third-order valence-electron chi connectivity index (χ3n) is 5.29. The van der Waals surface area contributed by atoms with Crippen molar-refractivity contribution >= 4 is 33.2 Å². The first-order chi connectivity index (χ1) is 14.9. The van der Waals surface area contributed by atoms with E-state index >= 15 is 0 Å². The van der Waals surface area contributed by atoms with Crippen molar-refractivity contribution in [2.24, 2.45) is 0 Å². The van der Waals surface area contributed by atoms with Crippen molar-refractivity contribution in [2.75, 3.05) is 36.5 Å². The van der Waals surface area contributed by atoms with E-state index in [1.54, 1.807) is 29.2 Å². The van der Waals surface area contributed by atoms with Crippen LogP contribution < -0.4 is 15.0 Å². The Labute approximate surface area is 181 Å². The van der Waals surface area contributed by atoms with Crippen LogP contribution >= 0.6 is 0 Å². The van der Waals surface area contributed by atoms with Gasteiger partial charge in [-0.15, -0.1) is 6.58 Å². The molecule has 2 heterocycles. The second-order valence-corrected chi connectivity index (χ2v) is 9.29. The molecule has 0 atom stereocenters. The molecule has 9 heteroatoms. The van der Waals surface area contributed by atoms with E-state index in [-0.39, 0.29) is 23.3 Å². The van der Waals surface area contributed by atoms with Gasteiger partial charge in [0, 0.05) is 30.9 Å². The van der Waals surface area contributed by atoms with Crippen LogP contribution in [0, 0.1) is 0 Å². The third kappa shape index (κ3) is 4.19. The quantitative estimate of drug-likeness (QED) is 0.696. The molecule has 2 aliphatic rings. The number of carbonyl (C=O) groups excluding carboxylic acids is 2. The maximum atomic E-state index is 12.7. The zero-order chi connectivity index (χ0) is 22.0. The van der Waals surface area contributed by atoms with Gasteiger partial charge in [-0.25, -0.2) is 8.42 Å². The van der Waals surface area contributed by atoms with Gasteiger partial charge in [-0.1, -0.05) is 6.08 Å². The van der Waals surface area contributed by atoms with Crippen molar-refractivity contribution in [1.29, 1.82) is 0 Å². The normalized spacial score (nSPS) is 16.5. The summed E-state index contributed by atoms with van der Waals surface area (Å²) in [5, 5.41) is 2.78. The standard InChI is InChI=1S/C22H23N3O5S/c1-2-11-25-19-14-17(7-10-20(19)30-15-21(25)26)23-22(27)16-5-8-18(9-6-16)31(28,29)24-12-3-4-13-24/h2,5-10,14H,1,3-4,11-13,15H2,(H,23,27). The molecule has 0 bridgehead atoms. The third-order valence-corrected chi connectivity index (χ3v) is 7.20. The first-order valence-corrected chi connectivity index (χ1v) is 11.4.